The van der Waals surface area contributed by atoms with Gasteiger partial charge in [0.1, 0.15) is 6.10 Å². The van der Waals surface area contributed by atoms with Crippen LogP contribution in [0.15, 0.2) is 85.1 Å². The molecule has 3 atom stereocenters. The number of carbonyl (C=O) groups is 2. The van der Waals surface area contributed by atoms with Crippen molar-refractivity contribution in [2.45, 2.75) is 283 Å². The van der Waals surface area contributed by atoms with Gasteiger partial charge in [-0.15, -0.1) is 0 Å². The Morgan fingerprint density at radius 3 is 1.27 bits per heavy atom. The first-order valence-corrected chi connectivity index (χ1v) is 28.3. The van der Waals surface area contributed by atoms with Gasteiger partial charge in [0.2, 0.25) is 5.91 Å². The summed E-state index contributed by atoms with van der Waals surface area (Å²) < 4.78 is 5.84. The molecule has 0 fully saturated rings. The fourth-order valence-electron chi connectivity index (χ4n) is 8.19. The predicted octanol–water partition coefficient (Wildman–Crippen LogP) is 17.5. The van der Waals surface area contributed by atoms with E-state index in [0.29, 0.717) is 19.3 Å². The van der Waals surface area contributed by atoms with Crippen LogP contribution < -0.4 is 5.32 Å². The summed E-state index contributed by atoms with van der Waals surface area (Å²) in [6.45, 7) is 6.34. The molecule has 0 aliphatic carbocycles. The number of hydrogen-bond acceptors (Lipinski definition) is 5. The van der Waals surface area contributed by atoms with Crippen LogP contribution in [-0.2, 0) is 14.3 Å². The number of allylic oxidation sites excluding steroid dienone is 13. The van der Waals surface area contributed by atoms with E-state index in [1.165, 1.54) is 148 Å². The van der Waals surface area contributed by atoms with E-state index in [9.17, 15) is 19.8 Å². The number of ether oxygens (including phenoxy) is 1. The van der Waals surface area contributed by atoms with Crippen molar-refractivity contribution in [1.29, 1.82) is 0 Å². The van der Waals surface area contributed by atoms with E-state index < -0.39 is 18.2 Å². The van der Waals surface area contributed by atoms with Crippen LogP contribution in [0.4, 0.5) is 0 Å². The summed E-state index contributed by atoms with van der Waals surface area (Å²) in [4.78, 5) is 26.2. The first-order valence-electron chi connectivity index (χ1n) is 28.3. The first-order chi connectivity index (χ1) is 33.0. The molecular weight excluding hydrogens is 827 g/mol. The summed E-state index contributed by atoms with van der Waals surface area (Å²) in [5, 5.41) is 23.8. The standard InChI is InChI=1S/C61H107NO5/c1-4-7-10-13-16-19-22-25-28-30-32-34-37-40-43-46-49-52-57(67-61(66)54-51-48-45-42-39-36-31-27-24-21-18-15-12-9-6-3)55-60(65)62-58(56-63)59(64)53-50-47-44-41-38-35-33-29-26-23-20-17-14-11-8-5-2/h7,10,16,19,21,24-25,28,32,34,40,43,49,52,57-59,63-64H,4-6,8-9,11-15,17-18,20,22-23,26-27,29-31,33,35-39,41-42,44-48,50-51,53-56H2,1-3H3,(H,62,65)/b10-7-,19-16-,24-21-,28-25-,34-32-,43-40-,52-49-. The molecule has 0 aromatic rings. The zero-order chi connectivity index (χ0) is 48.8. The molecule has 0 saturated heterocycles. The van der Waals surface area contributed by atoms with Gasteiger partial charge in [-0.25, -0.2) is 0 Å². The molecule has 0 radical (unpaired) electrons. The lowest BCUT2D eigenvalue weighted by Gasteiger charge is -2.23. The molecule has 6 heteroatoms. The van der Waals surface area contributed by atoms with Gasteiger partial charge in [0, 0.05) is 6.42 Å². The molecule has 0 aliphatic rings. The molecule has 0 saturated carbocycles. The molecule has 1 amide bonds. The average Bonchev–Trinajstić information content (AvgIpc) is 3.32. The van der Waals surface area contributed by atoms with Gasteiger partial charge >= 0.3 is 5.97 Å². The van der Waals surface area contributed by atoms with E-state index >= 15 is 0 Å². The van der Waals surface area contributed by atoms with E-state index in [1.807, 2.05) is 6.08 Å². The largest absolute Gasteiger partial charge is 0.458 e. The molecule has 3 N–H and O–H groups in total. The van der Waals surface area contributed by atoms with Crippen molar-refractivity contribution in [3.05, 3.63) is 85.1 Å². The fraction of sp³-hybridized carbons (Fsp3) is 0.738. The highest BCUT2D eigenvalue weighted by atomic mass is 16.5. The number of aliphatic hydroxyl groups excluding tert-OH is 2. The van der Waals surface area contributed by atoms with Crippen LogP contribution in [0, 0.1) is 0 Å². The molecule has 386 valence electrons. The lowest BCUT2D eigenvalue weighted by Crippen LogP contribution is -2.46. The smallest absolute Gasteiger partial charge is 0.306 e. The lowest BCUT2D eigenvalue weighted by atomic mass is 10.0. The minimum atomic E-state index is -0.825. The van der Waals surface area contributed by atoms with Gasteiger partial charge in [-0.2, -0.15) is 0 Å². The summed E-state index contributed by atoms with van der Waals surface area (Å²) in [5.41, 5.74) is 0. The van der Waals surface area contributed by atoms with Gasteiger partial charge < -0.3 is 20.3 Å². The third-order valence-electron chi connectivity index (χ3n) is 12.5. The number of nitrogens with one attached hydrogen (secondary N) is 1. The third kappa shape index (κ3) is 49.3. The molecule has 0 bridgehead atoms. The summed E-state index contributed by atoms with van der Waals surface area (Å²) >= 11 is 0. The Kier molecular flexibility index (Phi) is 51.6. The SMILES string of the molecule is CC/C=C\C/C=C\C/C=C\C/C=C\C/C=C\C/C=C\C(CC(=O)NC(CO)C(O)CCCCCCCCCCCCCCCCCC)OC(=O)CCCCCCCCC/C=C\CCCCCC. The molecule has 6 nitrogen and oxygen atoms in total. The summed E-state index contributed by atoms with van der Waals surface area (Å²) in [6.07, 6.45) is 71.0. The van der Waals surface area contributed by atoms with Crippen molar-refractivity contribution >= 4 is 11.9 Å². The maximum absolute atomic E-state index is 13.2. The van der Waals surface area contributed by atoms with Gasteiger partial charge in [0.15, 0.2) is 0 Å². The maximum atomic E-state index is 13.2. The molecule has 0 heterocycles. The topological polar surface area (TPSA) is 95.9 Å². The van der Waals surface area contributed by atoms with Gasteiger partial charge in [-0.3, -0.25) is 9.59 Å². The van der Waals surface area contributed by atoms with E-state index in [1.54, 1.807) is 6.08 Å². The van der Waals surface area contributed by atoms with Crippen LogP contribution in [-0.4, -0.2) is 46.9 Å². The number of hydrogen-bond donors (Lipinski definition) is 3. The molecule has 67 heavy (non-hydrogen) atoms. The highest BCUT2D eigenvalue weighted by Crippen LogP contribution is 2.16. The first kappa shape index (κ1) is 64.0. The van der Waals surface area contributed by atoms with Crippen LogP contribution in [0.3, 0.4) is 0 Å². The van der Waals surface area contributed by atoms with E-state index in [4.69, 9.17) is 4.74 Å². The second kappa shape index (κ2) is 54.0. The van der Waals surface area contributed by atoms with Crippen LogP contribution in [0.5, 0.6) is 0 Å². The molecule has 0 rings (SSSR count). The number of unbranched alkanes of at least 4 members (excludes halogenated alkanes) is 26. The Bertz CT molecular complexity index is 1280. The molecule has 0 aliphatic heterocycles. The zero-order valence-corrected chi connectivity index (χ0v) is 44.0. The predicted molar refractivity (Wildman–Crippen MR) is 291 cm³/mol. The maximum Gasteiger partial charge on any atom is 0.306 e. The molecule has 0 aromatic heterocycles. The average molecular weight is 935 g/mol. The Morgan fingerprint density at radius 2 is 0.836 bits per heavy atom. The van der Waals surface area contributed by atoms with E-state index in [0.717, 1.165) is 70.6 Å². The summed E-state index contributed by atoms with van der Waals surface area (Å²) in [5.74, 6) is -0.633. The Labute approximate surface area is 414 Å². The van der Waals surface area contributed by atoms with Crippen LogP contribution >= 0.6 is 0 Å². The second-order valence-corrected chi connectivity index (χ2v) is 19.0. The Morgan fingerprint density at radius 1 is 0.463 bits per heavy atom. The van der Waals surface area contributed by atoms with Crippen molar-refractivity contribution in [3.8, 4) is 0 Å². The van der Waals surface area contributed by atoms with Gasteiger partial charge in [-0.05, 0) is 83.1 Å². The van der Waals surface area contributed by atoms with Crippen molar-refractivity contribution in [2.75, 3.05) is 6.61 Å². The van der Waals surface area contributed by atoms with Crippen molar-refractivity contribution in [1.82, 2.24) is 5.32 Å². The zero-order valence-electron chi connectivity index (χ0n) is 44.0. The summed E-state index contributed by atoms with van der Waals surface area (Å²) in [6, 6.07) is -0.748. The van der Waals surface area contributed by atoms with Crippen LogP contribution in [0.25, 0.3) is 0 Å². The van der Waals surface area contributed by atoms with E-state index in [-0.39, 0.29) is 24.9 Å². The minimum Gasteiger partial charge on any atom is -0.458 e. The van der Waals surface area contributed by atoms with Gasteiger partial charge in [0.25, 0.3) is 0 Å². The highest BCUT2D eigenvalue weighted by Gasteiger charge is 2.23. The number of carbonyl (C=O) groups excluding carboxylic acids is 2. The number of amides is 1. The van der Waals surface area contributed by atoms with Crippen LogP contribution in [0.2, 0.25) is 0 Å². The number of aliphatic hydroxyl groups is 2. The highest BCUT2D eigenvalue weighted by molar-refractivity contribution is 5.78. The van der Waals surface area contributed by atoms with Crippen molar-refractivity contribution in [2.24, 2.45) is 0 Å². The quantitative estimate of drug-likeness (QED) is 0.0321. The molecule has 0 spiro atoms. The second-order valence-electron chi connectivity index (χ2n) is 19.0. The van der Waals surface area contributed by atoms with E-state index in [2.05, 4.69) is 99.0 Å². The fourth-order valence-corrected chi connectivity index (χ4v) is 8.19. The minimum absolute atomic E-state index is 0.0514. The molecule has 0 aromatic carbocycles. The van der Waals surface area contributed by atoms with Gasteiger partial charge in [0.05, 0.1) is 25.2 Å². The number of esters is 1. The Hall–Kier alpha value is -2.96. The normalized spacial score (nSPS) is 13.8. The third-order valence-corrected chi connectivity index (χ3v) is 12.5. The lowest BCUT2D eigenvalue weighted by molar-refractivity contribution is -0.148. The summed E-state index contributed by atoms with van der Waals surface area (Å²) in [7, 11) is 0. The van der Waals surface area contributed by atoms with Crippen molar-refractivity contribution < 1.29 is 24.5 Å². The van der Waals surface area contributed by atoms with Crippen LogP contribution in [0.1, 0.15) is 265 Å². The molecular formula is C61H107NO5. The van der Waals surface area contributed by atoms with Crippen molar-refractivity contribution in [3.63, 3.8) is 0 Å². The Balaban J connectivity index is 4.73. The monoisotopic (exact) mass is 934 g/mol. The van der Waals surface area contributed by atoms with Gasteiger partial charge in [-0.1, -0.05) is 254 Å². The molecule has 3 unspecified atom stereocenters. The number of rotatable bonds is 50.